The predicted molar refractivity (Wildman–Crippen MR) is 87.6 cm³/mol. The number of nitrogens with one attached hydrogen (secondary N) is 1. The number of benzene rings is 2. The van der Waals surface area contributed by atoms with Gasteiger partial charge >= 0.3 is 0 Å². The molecule has 2 aromatic carbocycles. The Labute approximate surface area is 131 Å². The Morgan fingerprint density at radius 1 is 1.15 bits per heavy atom. The standard InChI is InChI=1S/C16H15FINO/c1-10(2)11-3-5-12(6-4-11)16(20)19-15-8-7-13(17)9-14(15)18/h3-10H,1-2H3,(H,19,20). The van der Waals surface area contributed by atoms with Gasteiger partial charge in [-0.05, 0) is 64.4 Å². The average Bonchev–Trinajstić information content (AvgIpc) is 2.42. The number of carbonyl (C=O) groups is 1. The molecule has 4 heteroatoms. The first-order chi connectivity index (χ1) is 9.47. The van der Waals surface area contributed by atoms with Crippen LogP contribution in [-0.2, 0) is 0 Å². The van der Waals surface area contributed by atoms with Crippen LogP contribution < -0.4 is 5.32 Å². The van der Waals surface area contributed by atoms with Gasteiger partial charge in [-0.2, -0.15) is 0 Å². The van der Waals surface area contributed by atoms with Gasteiger partial charge in [-0.3, -0.25) is 4.79 Å². The van der Waals surface area contributed by atoms with Crippen molar-refractivity contribution in [1.82, 2.24) is 0 Å². The van der Waals surface area contributed by atoms with Gasteiger partial charge in [0.05, 0.1) is 5.69 Å². The molecule has 20 heavy (non-hydrogen) atoms. The first kappa shape index (κ1) is 15.0. The normalized spacial score (nSPS) is 10.7. The van der Waals surface area contributed by atoms with Crippen LogP contribution in [0.15, 0.2) is 42.5 Å². The monoisotopic (exact) mass is 383 g/mol. The Kier molecular flexibility index (Phi) is 4.75. The number of amides is 1. The van der Waals surface area contributed by atoms with Crippen LogP contribution in [0.4, 0.5) is 10.1 Å². The topological polar surface area (TPSA) is 29.1 Å². The van der Waals surface area contributed by atoms with Crippen molar-refractivity contribution in [3.63, 3.8) is 0 Å². The Hall–Kier alpha value is -1.43. The summed E-state index contributed by atoms with van der Waals surface area (Å²) in [6.45, 7) is 4.21. The fraction of sp³-hybridized carbons (Fsp3) is 0.188. The maximum absolute atomic E-state index is 13.0. The van der Waals surface area contributed by atoms with Crippen molar-refractivity contribution in [3.8, 4) is 0 Å². The lowest BCUT2D eigenvalue weighted by molar-refractivity contribution is 0.102. The molecule has 0 unspecified atom stereocenters. The summed E-state index contributed by atoms with van der Waals surface area (Å²) in [6.07, 6.45) is 0. The van der Waals surface area contributed by atoms with E-state index >= 15 is 0 Å². The van der Waals surface area contributed by atoms with Crippen molar-refractivity contribution in [2.24, 2.45) is 0 Å². The predicted octanol–water partition coefficient (Wildman–Crippen LogP) is 4.81. The fourth-order valence-electron chi connectivity index (χ4n) is 1.80. The second-order valence-electron chi connectivity index (χ2n) is 4.86. The molecule has 0 saturated heterocycles. The van der Waals surface area contributed by atoms with Crippen molar-refractivity contribution in [2.75, 3.05) is 5.32 Å². The summed E-state index contributed by atoms with van der Waals surface area (Å²) in [5.41, 5.74) is 2.40. The molecule has 2 rings (SSSR count). The highest BCUT2D eigenvalue weighted by Crippen LogP contribution is 2.20. The highest BCUT2D eigenvalue weighted by molar-refractivity contribution is 14.1. The van der Waals surface area contributed by atoms with Gasteiger partial charge in [0, 0.05) is 9.13 Å². The molecule has 1 amide bonds. The minimum absolute atomic E-state index is 0.190. The molecule has 0 heterocycles. The molecule has 0 aliphatic rings. The molecule has 0 aliphatic carbocycles. The quantitative estimate of drug-likeness (QED) is 0.758. The number of halogens is 2. The molecule has 104 valence electrons. The molecular formula is C16H15FINO. The highest BCUT2D eigenvalue weighted by atomic mass is 127. The van der Waals surface area contributed by atoms with Gasteiger partial charge in [0.15, 0.2) is 0 Å². The third-order valence-electron chi connectivity index (χ3n) is 3.02. The molecule has 1 N–H and O–H groups in total. The number of hydrogen-bond acceptors (Lipinski definition) is 1. The third-order valence-corrected chi connectivity index (χ3v) is 3.91. The summed E-state index contributed by atoms with van der Waals surface area (Å²) in [5.74, 6) is -0.0660. The maximum Gasteiger partial charge on any atom is 0.255 e. The van der Waals surface area contributed by atoms with Crippen LogP contribution in [0.5, 0.6) is 0 Å². The number of hydrogen-bond donors (Lipinski definition) is 1. The first-order valence-corrected chi connectivity index (χ1v) is 7.41. The summed E-state index contributed by atoms with van der Waals surface area (Å²) in [6, 6.07) is 11.8. The molecule has 2 aromatic rings. The van der Waals surface area contributed by atoms with E-state index < -0.39 is 0 Å². The van der Waals surface area contributed by atoms with Crippen LogP contribution in [0, 0.1) is 9.39 Å². The summed E-state index contributed by atoms with van der Waals surface area (Å²) in [5, 5.41) is 2.79. The van der Waals surface area contributed by atoms with Crippen molar-refractivity contribution in [3.05, 3.63) is 63.0 Å². The SMILES string of the molecule is CC(C)c1ccc(C(=O)Nc2ccc(F)cc2I)cc1. The summed E-state index contributed by atoms with van der Waals surface area (Å²) in [4.78, 5) is 12.1. The molecule has 0 atom stereocenters. The molecule has 0 aromatic heterocycles. The summed E-state index contributed by atoms with van der Waals surface area (Å²) < 4.78 is 13.7. The second kappa shape index (κ2) is 6.35. The number of anilines is 1. The van der Waals surface area contributed by atoms with E-state index in [-0.39, 0.29) is 11.7 Å². The maximum atomic E-state index is 13.0. The lowest BCUT2D eigenvalue weighted by Gasteiger charge is -2.09. The van der Waals surface area contributed by atoms with Crippen LogP contribution in [0.2, 0.25) is 0 Å². The minimum atomic E-state index is -0.311. The van der Waals surface area contributed by atoms with Crippen LogP contribution in [0.3, 0.4) is 0 Å². The smallest absolute Gasteiger partial charge is 0.255 e. The van der Waals surface area contributed by atoms with Gasteiger partial charge in [0.1, 0.15) is 5.82 Å². The number of carbonyl (C=O) groups excluding carboxylic acids is 1. The Balaban J connectivity index is 2.15. The van der Waals surface area contributed by atoms with Crippen molar-refractivity contribution >= 4 is 34.2 Å². The van der Waals surface area contributed by atoms with Gasteiger partial charge in [-0.1, -0.05) is 26.0 Å². The molecule has 0 bridgehead atoms. The van der Waals surface area contributed by atoms with Crippen molar-refractivity contribution < 1.29 is 9.18 Å². The van der Waals surface area contributed by atoms with Gasteiger partial charge in [0.2, 0.25) is 0 Å². The zero-order valence-electron chi connectivity index (χ0n) is 11.3. The lowest BCUT2D eigenvalue weighted by atomic mass is 10.0. The largest absolute Gasteiger partial charge is 0.321 e. The highest BCUT2D eigenvalue weighted by Gasteiger charge is 2.09. The molecule has 2 nitrogen and oxygen atoms in total. The van der Waals surface area contributed by atoms with Gasteiger partial charge in [-0.15, -0.1) is 0 Å². The third kappa shape index (κ3) is 3.56. The Bertz CT molecular complexity index is 623. The van der Waals surface area contributed by atoms with E-state index in [9.17, 15) is 9.18 Å². The van der Waals surface area contributed by atoms with Gasteiger partial charge in [0.25, 0.3) is 5.91 Å². The van der Waals surface area contributed by atoms with Gasteiger partial charge in [-0.25, -0.2) is 4.39 Å². The van der Waals surface area contributed by atoms with E-state index in [4.69, 9.17) is 0 Å². The Morgan fingerprint density at radius 2 is 1.80 bits per heavy atom. The second-order valence-corrected chi connectivity index (χ2v) is 6.02. The van der Waals surface area contributed by atoms with E-state index in [0.29, 0.717) is 20.7 Å². The summed E-state index contributed by atoms with van der Waals surface area (Å²) >= 11 is 2.00. The molecule has 0 spiro atoms. The van der Waals surface area contributed by atoms with E-state index in [2.05, 4.69) is 19.2 Å². The first-order valence-electron chi connectivity index (χ1n) is 6.33. The Morgan fingerprint density at radius 3 is 2.35 bits per heavy atom. The average molecular weight is 383 g/mol. The van der Waals surface area contributed by atoms with Crippen LogP contribution in [0.1, 0.15) is 35.7 Å². The zero-order valence-corrected chi connectivity index (χ0v) is 13.4. The van der Waals surface area contributed by atoms with E-state index in [0.717, 1.165) is 0 Å². The summed E-state index contributed by atoms with van der Waals surface area (Å²) in [7, 11) is 0. The zero-order chi connectivity index (χ0) is 14.7. The minimum Gasteiger partial charge on any atom is -0.321 e. The molecule has 0 aliphatic heterocycles. The number of rotatable bonds is 3. The lowest BCUT2D eigenvalue weighted by Crippen LogP contribution is -2.13. The molecular weight excluding hydrogens is 368 g/mol. The fourth-order valence-corrected chi connectivity index (χ4v) is 2.42. The van der Waals surface area contributed by atoms with E-state index in [1.54, 1.807) is 18.2 Å². The van der Waals surface area contributed by atoms with Crippen molar-refractivity contribution in [2.45, 2.75) is 19.8 Å². The van der Waals surface area contributed by atoms with Gasteiger partial charge < -0.3 is 5.32 Å². The van der Waals surface area contributed by atoms with Crippen LogP contribution in [-0.4, -0.2) is 5.91 Å². The molecule has 0 radical (unpaired) electrons. The van der Waals surface area contributed by atoms with Crippen LogP contribution >= 0.6 is 22.6 Å². The van der Waals surface area contributed by atoms with Crippen LogP contribution in [0.25, 0.3) is 0 Å². The van der Waals surface area contributed by atoms with E-state index in [1.165, 1.54) is 17.7 Å². The van der Waals surface area contributed by atoms with Crippen molar-refractivity contribution in [1.29, 1.82) is 0 Å². The van der Waals surface area contributed by atoms with E-state index in [1.807, 2.05) is 34.7 Å². The molecule has 0 saturated carbocycles. The molecule has 0 fully saturated rings.